The van der Waals surface area contributed by atoms with Crippen LogP contribution in [-0.2, 0) is 14.8 Å². The van der Waals surface area contributed by atoms with E-state index >= 15 is 0 Å². The molecule has 2 rings (SSSR count). The van der Waals surface area contributed by atoms with Crippen LogP contribution in [0.25, 0.3) is 6.08 Å². The van der Waals surface area contributed by atoms with Gasteiger partial charge >= 0.3 is 0 Å². The molecule has 7 heteroatoms. The molecule has 0 radical (unpaired) electrons. The van der Waals surface area contributed by atoms with Crippen LogP contribution in [-0.4, -0.2) is 38.9 Å². The second-order valence-corrected chi connectivity index (χ2v) is 7.84. The molecular weight excluding hydrogens is 330 g/mol. The second kappa shape index (κ2) is 7.81. The quantitative estimate of drug-likeness (QED) is 0.723. The van der Waals surface area contributed by atoms with E-state index < -0.39 is 16.0 Å². The summed E-state index contributed by atoms with van der Waals surface area (Å²) in [6, 6.07) is 4.53. The lowest BCUT2D eigenvalue weighted by Crippen LogP contribution is -2.38. The second-order valence-electron chi connectivity index (χ2n) is 5.88. The minimum atomic E-state index is -3.73. The van der Waals surface area contributed by atoms with E-state index in [1.807, 2.05) is 0 Å². The van der Waals surface area contributed by atoms with Crippen molar-refractivity contribution in [3.05, 3.63) is 29.8 Å². The van der Waals surface area contributed by atoms with Gasteiger partial charge in [-0.2, -0.15) is 4.31 Å². The summed E-state index contributed by atoms with van der Waals surface area (Å²) in [5.41, 5.74) is 0.454. The highest BCUT2D eigenvalue weighted by atomic mass is 32.2. The monoisotopic (exact) mass is 352 g/mol. The molecule has 0 atom stereocenters. The van der Waals surface area contributed by atoms with Gasteiger partial charge in [-0.1, -0.05) is 31.4 Å². The third-order valence-electron chi connectivity index (χ3n) is 4.35. The molecule has 24 heavy (non-hydrogen) atoms. The number of ether oxygens (including phenoxy) is 1. The molecule has 0 bridgehead atoms. The molecule has 0 aromatic heterocycles. The zero-order chi connectivity index (χ0) is 17.7. The number of hydrogen-bond acceptors (Lipinski definition) is 5. The highest BCUT2D eigenvalue weighted by Crippen LogP contribution is 2.31. The van der Waals surface area contributed by atoms with Crippen molar-refractivity contribution in [1.29, 1.82) is 0 Å². The van der Waals surface area contributed by atoms with Gasteiger partial charge in [0.25, 0.3) is 0 Å². The summed E-state index contributed by atoms with van der Waals surface area (Å²) in [6.07, 6.45) is 7.05. The normalized spacial score (nSPS) is 16.6. The summed E-state index contributed by atoms with van der Waals surface area (Å²) in [4.78, 5) is 10.6. The number of carboxylic acids is 1. The Hall–Kier alpha value is -1.86. The summed E-state index contributed by atoms with van der Waals surface area (Å²) in [6.45, 7) is 0. The Morgan fingerprint density at radius 2 is 1.96 bits per heavy atom. The SMILES string of the molecule is COc1ccc(/C=C/C(=O)[O-])cc1S(=O)(=O)N(C)C1CCCCC1. The number of aliphatic carboxylic acids is 1. The Bertz CT molecular complexity index is 720. The Kier molecular flexibility index (Phi) is 6.01. The van der Waals surface area contributed by atoms with Crippen molar-refractivity contribution >= 4 is 22.1 Å². The fourth-order valence-corrected chi connectivity index (χ4v) is 4.56. The Labute approximate surface area is 142 Å². The maximum Gasteiger partial charge on any atom is 0.246 e. The molecule has 0 N–H and O–H groups in total. The van der Waals surface area contributed by atoms with E-state index in [4.69, 9.17) is 4.74 Å². The topological polar surface area (TPSA) is 86.7 Å². The molecule has 0 spiro atoms. The average molecular weight is 352 g/mol. The average Bonchev–Trinajstić information content (AvgIpc) is 2.59. The highest BCUT2D eigenvalue weighted by molar-refractivity contribution is 7.89. The van der Waals surface area contributed by atoms with Crippen molar-refractivity contribution in [1.82, 2.24) is 4.31 Å². The molecular formula is C17H22NO5S-. The number of benzene rings is 1. The van der Waals surface area contributed by atoms with Crippen molar-refractivity contribution < 1.29 is 23.1 Å². The molecule has 0 saturated heterocycles. The summed E-state index contributed by atoms with van der Waals surface area (Å²) in [5, 5.41) is 10.5. The number of hydrogen-bond donors (Lipinski definition) is 0. The standard InChI is InChI=1S/C17H23NO5S/c1-18(14-6-4-3-5-7-14)24(21,22)16-12-13(9-11-17(19)20)8-10-15(16)23-2/h8-12,14H,3-7H2,1-2H3,(H,19,20)/p-1/b11-9+. The van der Waals surface area contributed by atoms with E-state index in [9.17, 15) is 18.3 Å². The zero-order valence-corrected chi connectivity index (χ0v) is 14.7. The van der Waals surface area contributed by atoms with Crippen molar-refractivity contribution in [2.24, 2.45) is 0 Å². The summed E-state index contributed by atoms with van der Waals surface area (Å²) < 4.78 is 32.6. The number of carboxylic acid groups (broad SMARTS) is 1. The molecule has 0 aliphatic heterocycles. The zero-order valence-electron chi connectivity index (χ0n) is 13.9. The third kappa shape index (κ3) is 4.15. The van der Waals surface area contributed by atoms with Crippen LogP contribution in [0.2, 0.25) is 0 Å². The van der Waals surface area contributed by atoms with Crippen molar-refractivity contribution in [2.75, 3.05) is 14.2 Å². The minimum absolute atomic E-state index is 0.0177. The number of nitrogens with zero attached hydrogens (tertiary/aromatic N) is 1. The van der Waals surface area contributed by atoms with Crippen LogP contribution in [0.1, 0.15) is 37.7 Å². The largest absolute Gasteiger partial charge is 0.545 e. The third-order valence-corrected chi connectivity index (χ3v) is 6.28. The Morgan fingerprint density at radius 1 is 1.29 bits per heavy atom. The van der Waals surface area contributed by atoms with Gasteiger partial charge in [0.15, 0.2) is 0 Å². The first-order valence-corrected chi connectivity index (χ1v) is 9.35. The smallest absolute Gasteiger partial charge is 0.246 e. The van der Waals surface area contributed by atoms with Crippen LogP contribution in [0, 0.1) is 0 Å². The molecule has 1 aromatic rings. The number of rotatable bonds is 6. The predicted octanol–water partition coefficient (Wildman–Crippen LogP) is 1.41. The first kappa shape index (κ1) is 18.5. The van der Waals surface area contributed by atoms with Crippen LogP contribution >= 0.6 is 0 Å². The van der Waals surface area contributed by atoms with Gasteiger partial charge in [0.05, 0.1) is 13.1 Å². The van der Waals surface area contributed by atoms with Gasteiger partial charge in [0, 0.05) is 13.1 Å². The first-order chi connectivity index (χ1) is 11.4. The molecule has 6 nitrogen and oxygen atoms in total. The maximum absolute atomic E-state index is 13.0. The number of carbonyl (C=O) groups excluding carboxylic acids is 1. The van der Waals surface area contributed by atoms with E-state index in [0.717, 1.165) is 38.2 Å². The molecule has 0 heterocycles. The van der Waals surface area contributed by atoms with E-state index in [1.54, 1.807) is 13.1 Å². The minimum Gasteiger partial charge on any atom is -0.545 e. The molecule has 1 aromatic carbocycles. The number of sulfonamides is 1. The van der Waals surface area contributed by atoms with Crippen LogP contribution in [0.15, 0.2) is 29.2 Å². The van der Waals surface area contributed by atoms with Gasteiger partial charge in [0.1, 0.15) is 10.6 Å². The number of carbonyl (C=O) groups is 1. The molecule has 1 fully saturated rings. The van der Waals surface area contributed by atoms with Crippen molar-refractivity contribution in [2.45, 2.75) is 43.0 Å². The van der Waals surface area contributed by atoms with Gasteiger partial charge in [-0.15, -0.1) is 0 Å². The van der Waals surface area contributed by atoms with E-state index in [1.165, 1.54) is 29.6 Å². The van der Waals surface area contributed by atoms with Gasteiger partial charge in [-0.05, 0) is 36.6 Å². The van der Waals surface area contributed by atoms with Crippen LogP contribution < -0.4 is 9.84 Å². The lowest BCUT2D eigenvalue weighted by atomic mass is 9.96. The Balaban J connectivity index is 2.39. The van der Waals surface area contributed by atoms with Gasteiger partial charge in [-0.25, -0.2) is 8.42 Å². The van der Waals surface area contributed by atoms with Crippen LogP contribution in [0.3, 0.4) is 0 Å². The maximum atomic E-state index is 13.0. The Morgan fingerprint density at radius 3 is 2.54 bits per heavy atom. The fourth-order valence-electron chi connectivity index (χ4n) is 2.96. The molecule has 1 aliphatic rings. The fraction of sp³-hybridized carbons (Fsp3) is 0.471. The molecule has 0 amide bonds. The lowest BCUT2D eigenvalue weighted by Gasteiger charge is -2.30. The van der Waals surface area contributed by atoms with E-state index in [2.05, 4.69) is 0 Å². The van der Waals surface area contributed by atoms with Gasteiger partial charge in [0.2, 0.25) is 10.0 Å². The van der Waals surface area contributed by atoms with Gasteiger partial charge in [-0.3, -0.25) is 0 Å². The highest BCUT2D eigenvalue weighted by Gasteiger charge is 2.31. The molecule has 0 unspecified atom stereocenters. The molecule has 1 aliphatic carbocycles. The summed E-state index contributed by atoms with van der Waals surface area (Å²) >= 11 is 0. The van der Waals surface area contributed by atoms with E-state index in [-0.39, 0.29) is 16.7 Å². The first-order valence-electron chi connectivity index (χ1n) is 7.91. The van der Waals surface area contributed by atoms with E-state index in [0.29, 0.717) is 5.56 Å². The summed E-state index contributed by atoms with van der Waals surface area (Å²) in [5.74, 6) is -1.10. The van der Waals surface area contributed by atoms with Crippen LogP contribution in [0.5, 0.6) is 5.75 Å². The van der Waals surface area contributed by atoms with Gasteiger partial charge < -0.3 is 14.6 Å². The number of methoxy groups -OCH3 is 1. The van der Waals surface area contributed by atoms with Crippen LogP contribution in [0.4, 0.5) is 0 Å². The predicted molar refractivity (Wildman–Crippen MR) is 88.9 cm³/mol. The van der Waals surface area contributed by atoms with Crippen molar-refractivity contribution in [3.8, 4) is 5.75 Å². The van der Waals surface area contributed by atoms with Crippen molar-refractivity contribution in [3.63, 3.8) is 0 Å². The lowest BCUT2D eigenvalue weighted by molar-refractivity contribution is -0.297. The summed E-state index contributed by atoms with van der Waals surface area (Å²) in [7, 11) is -0.731. The molecule has 1 saturated carbocycles. The molecule has 132 valence electrons.